The highest BCUT2D eigenvalue weighted by Crippen LogP contribution is 2.20. The molecule has 1 aliphatic rings. The van der Waals surface area contributed by atoms with E-state index in [4.69, 9.17) is 5.11 Å². The maximum atomic E-state index is 12.2. The fraction of sp³-hybridized carbons (Fsp3) is 0.692. The van der Waals surface area contributed by atoms with Gasteiger partial charge in [-0.15, -0.1) is 0 Å². The molecule has 4 amide bonds. The molecule has 1 heterocycles. The van der Waals surface area contributed by atoms with Gasteiger partial charge in [-0.3, -0.25) is 19.3 Å². The van der Waals surface area contributed by atoms with Crippen LogP contribution in [0.3, 0.4) is 0 Å². The number of hydrogen-bond donors (Lipinski definition) is 2. The number of carbonyl (C=O) groups excluding carboxylic acids is 3. The van der Waals surface area contributed by atoms with Crippen LogP contribution in [0.1, 0.15) is 33.6 Å². The summed E-state index contributed by atoms with van der Waals surface area (Å²) in [6.07, 6.45) is 1.00. The lowest BCUT2D eigenvalue weighted by Gasteiger charge is -2.23. The third-order valence-electron chi connectivity index (χ3n) is 3.52. The van der Waals surface area contributed by atoms with E-state index in [1.165, 1.54) is 0 Å². The lowest BCUT2D eigenvalue weighted by atomic mass is 9.99. The van der Waals surface area contributed by atoms with E-state index >= 15 is 0 Å². The summed E-state index contributed by atoms with van der Waals surface area (Å²) in [4.78, 5) is 48.8. The number of aliphatic carboxylic acids is 1. The molecule has 0 aromatic carbocycles. The van der Waals surface area contributed by atoms with Gasteiger partial charge in [-0.2, -0.15) is 0 Å². The molecule has 1 aliphatic heterocycles. The number of carboxylic acid groups (broad SMARTS) is 1. The Bertz CT molecular complexity index is 465. The molecule has 1 rings (SSSR count). The average Bonchev–Trinajstić information content (AvgIpc) is 2.62. The summed E-state index contributed by atoms with van der Waals surface area (Å²) in [6, 6.07) is -0.621. The number of amides is 4. The van der Waals surface area contributed by atoms with Crippen molar-refractivity contribution in [2.45, 2.75) is 39.2 Å². The highest BCUT2D eigenvalue weighted by molar-refractivity contribution is 6.08. The van der Waals surface area contributed by atoms with Gasteiger partial charge >= 0.3 is 12.0 Å². The lowest BCUT2D eigenvalue weighted by molar-refractivity contribution is -0.145. The van der Waals surface area contributed by atoms with Crippen molar-refractivity contribution in [3.8, 4) is 0 Å². The van der Waals surface area contributed by atoms with E-state index in [2.05, 4.69) is 5.32 Å². The molecule has 0 radical (unpaired) electrons. The molecule has 2 N–H and O–H groups in total. The second kappa shape index (κ2) is 6.55. The van der Waals surface area contributed by atoms with Crippen LogP contribution in [0.2, 0.25) is 0 Å². The van der Waals surface area contributed by atoms with Crippen LogP contribution in [-0.2, 0) is 14.4 Å². The first-order chi connectivity index (χ1) is 9.75. The van der Waals surface area contributed by atoms with Gasteiger partial charge in [0.05, 0.1) is 0 Å². The summed E-state index contributed by atoms with van der Waals surface area (Å²) in [5.74, 6) is -2.15. The van der Waals surface area contributed by atoms with E-state index in [-0.39, 0.29) is 6.54 Å². The number of carboxylic acids is 1. The summed E-state index contributed by atoms with van der Waals surface area (Å²) in [5, 5.41) is 11.3. The highest BCUT2D eigenvalue weighted by Gasteiger charge is 2.47. The normalized spacial score (nSPS) is 21.4. The number of nitrogens with one attached hydrogen (secondary N) is 1. The molecule has 118 valence electrons. The van der Waals surface area contributed by atoms with Gasteiger partial charge in [-0.1, -0.05) is 13.8 Å². The SMILES string of the molecule is CCCN(CC(=O)O)C(=O)CN1C(=O)NC(C)(CC)C1=O. The molecule has 0 bridgehead atoms. The first kappa shape index (κ1) is 16.9. The van der Waals surface area contributed by atoms with Crippen molar-refractivity contribution in [1.29, 1.82) is 0 Å². The van der Waals surface area contributed by atoms with E-state index in [9.17, 15) is 19.2 Å². The van der Waals surface area contributed by atoms with E-state index in [1.54, 1.807) is 13.8 Å². The zero-order valence-electron chi connectivity index (χ0n) is 12.5. The van der Waals surface area contributed by atoms with E-state index in [0.717, 1.165) is 9.80 Å². The smallest absolute Gasteiger partial charge is 0.325 e. The minimum Gasteiger partial charge on any atom is -0.480 e. The Morgan fingerprint density at radius 2 is 1.95 bits per heavy atom. The number of carbonyl (C=O) groups is 4. The number of hydrogen-bond acceptors (Lipinski definition) is 4. The molecule has 21 heavy (non-hydrogen) atoms. The number of rotatable bonds is 7. The van der Waals surface area contributed by atoms with Crippen LogP contribution in [0.25, 0.3) is 0 Å². The minimum atomic E-state index is -1.13. The Morgan fingerprint density at radius 1 is 1.33 bits per heavy atom. The minimum absolute atomic E-state index is 0.264. The quantitative estimate of drug-likeness (QED) is 0.645. The van der Waals surface area contributed by atoms with E-state index < -0.39 is 42.4 Å². The standard InChI is InChI=1S/C13H21N3O5/c1-4-6-15(8-10(18)19)9(17)7-16-11(20)13(3,5-2)14-12(16)21/h4-8H2,1-3H3,(H,14,21)(H,18,19). The Kier molecular flexibility index (Phi) is 5.28. The topological polar surface area (TPSA) is 107 Å². The number of urea groups is 1. The Labute approximate surface area is 123 Å². The van der Waals surface area contributed by atoms with Crippen molar-refractivity contribution in [2.75, 3.05) is 19.6 Å². The van der Waals surface area contributed by atoms with Gasteiger partial charge in [0, 0.05) is 6.54 Å². The van der Waals surface area contributed by atoms with Gasteiger partial charge in [0.25, 0.3) is 5.91 Å². The summed E-state index contributed by atoms with van der Waals surface area (Å²) in [5.41, 5.74) is -1.00. The Hall–Kier alpha value is -2.12. The molecule has 1 atom stereocenters. The molecule has 8 heteroatoms. The maximum Gasteiger partial charge on any atom is 0.325 e. The fourth-order valence-corrected chi connectivity index (χ4v) is 2.09. The Morgan fingerprint density at radius 3 is 2.38 bits per heavy atom. The Balaban J connectivity index is 2.79. The molecular weight excluding hydrogens is 278 g/mol. The highest BCUT2D eigenvalue weighted by atomic mass is 16.4. The van der Waals surface area contributed by atoms with E-state index in [0.29, 0.717) is 12.8 Å². The van der Waals surface area contributed by atoms with Crippen LogP contribution < -0.4 is 5.32 Å². The predicted octanol–water partition coefficient (Wildman–Crippen LogP) is 0.0301. The summed E-state index contributed by atoms with van der Waals surface area (Å²) in [7, 11) is 0. The first-order valence-corrected chi connectivity index (χ1v) is 6.88. The van der Waals surface area contributed by atoms with Gasteiger partial charge in [0.2, 0.25) is 5.91 Å². The van der Waals surface area contributed by atoms with Crippen LogP contribution in [0.5, 0.6) is 0 Å². The molecule has 1 saturated heterocycles. The molecular formula is C13H21N3O5. The van der Waals surface area contributed by atoms with Gasteiger partial charge < -0.3 is 15.3 Å². The monoisotopic (exact) mass is 299 g/mol. The van der Waals surface area contributed by atoms with E-state index in [1.807, 2.05) is 6.92 Å². The van der Waals surface area contributed by atoms with Crippen LogP contribution in [0.15, 0.2) is 0 Å². The van der Waals surface area contributed by atoms with Gasteiger partial charge in [-0.05, 0) is 19.8 Å². The van der Waals surface area contributed by atoms with Crippen molar-refractivity contribution in [3.63, 3.8) is 0 Å². The van der Waals surface area contributed by atoms with Crippen molar-refractivity contribution in [1.82, 2.24) is 15.1 Å². The van der Waals surface area contributed by atoms with Gasteiger partial charge in [0.1, 0.15) is 18.6 Å². The van der Waals surface area contributed by atoms with Crippen LogP contribution in [0, 0.1) is 0 Å². The van der Waals surface area contributed by atoms with Crippen molar-refractivity contribution < 1.29 is 24.3 Å². The molecule has 0 aliphatic carbocycles. The largest absolute Gasteiger partial charge is 0.480 e. The summed E-state index contributed by atoms with van der Waals surface area (Å²) >= 11 is 0. The van der Waals surface area contributed by atoms with Gasteiger partial charge in [-0.25, -0.2) is 4.79 Å². The third kappa shape index (κ3) is 3.71. The van der Waals surface area contributed by atoms with Crippen molar-refractivity contribution in [2.24, 2.45) is 0 Å². The second-order valence-corrected chi connectivity index (χ2v) is 5.22. The third-order valence-corrected chi connectivity index (χ3v) is 3.52. The second-order valence-electron chi connectivity index (χ2n) is 5.22. The molecule has 0 saturated carbocycles. The average molecular weight is 299 g/mol. The lowest BCUT2D eigenvalue weighted by Crippen LogP contribution is -2.46. The summed E-state index contributed by atoms with van der Waals surface area (Å²) in [6.45, 7) is 4.55. The molecule has 0 aromatic rings. The van der Waals surface area contributed by atoms with Crippen LogP contribution in [-0.4, -0.2) is 63.9 Å². The molecule has 8 nitrogen and oxygen atoms in total. The maximum absolute atomic E-state index is 12.2. The zero-order valence-corrected chi connectivity index (χ0v) is 12.5. The molecule has 0 aromatic heterocycles. The van der Waals surface area contributed by atoms with Crippen molar-refractivity contribution >= 4 is 23.8 Å². The predicted molar refractivity (Wildman–Crippen MR) is 73.4 cm³/mol. The zero-order chi connectivity index (χ0) is 16.2. The van der Waals surface area contributed by atoms with Crippen molar-refractivity contribution in [3.05, 3.63) is 0 Å². The fourth-order valence-electron chi connectivity index (χ4n) is 2.09. The first-order valence-electron chi connectivity index (χ1n) is 6.88. The van der Waals surface area contributed by atoms with Gasteiger partial charge in [0.15, 0.2) is 0 Å². The molecule has 0 spiro atoms. The number of imide groups is 1. The summed E-state index contributed by atoms with van der Waals surface area (Å²) < 4.78 is 0. The molecule has 1 unspecified atom stereocenters. The van der Waals surface area contributed by atoms with Crippen LogP contribution >= 0.6 is 0 Å². The molecule has 1 fully saturated rings. The number of nitrogens with zero attached hydrogens (tertiary/aromatic N) is 2. The van der Waals surface area contributed by atoms with Crippen LogP contribution in [0.4, 0.5) is 4.79 Å².